The SMILES string of the molecule is CC(C)CC(N)OC1CC2CCC1C2. The summed E-state index contributed by atoms with van der Waals surface area (Å²) in [6.45, 7) is 4.40. The number of nitrogens with two attached hydrogens (primary N) is 1. The van der Waals surface area contributed by atoms with Crippen molar-refractivity contribution in [2.45, 2.75) is 58.3 Å². The number of rotatable bonds is 4. The summed E-state index contributed by atoms with van der Waals surface area (Å²) in [6, 6.07) is 0. The summed E-state index contributed by atoms with van der Waals surface area (Å²) in [5.74, 6) is 2.43. The zero-order valence-corrected chi connectivity index (χ0v) is 9.41. The average Bonchev–Trinajstić information content (AvgIpc) is 2.62. The normalized spacial score (nSPS) is 38.1. The second kappa shape index (κ2) is 4.19. The van der Waals surface area contributed by atoms with Crippen molar-refractivity contribution >= 4 is 0 Å². The third kappa shape index (κ3) is 2.29. The van der Waals surface area contributed by atoms with E-state index in [1.54, 1.807) is 0 Å². The van der Waals surface area contributed by atoms with E-state index in [4.69, 9.17) is 10.5 Å². The third-order valence-corrected chi connectivity index (χ3v) is 3.73. The summed E-state index contributed by atoms with van der Waals surface area (Å²) >= 11 is 0. The van der Waals surface area contributed by atoms with Crippen LogP contribution in [0.25, 0.3) is 0 Å². The molecular formula is C12H23NO. The van der Waals surface area contributed by atoms with Crippen LogP contribution >= 0.6 is 0 Å². The van der Waals surface area contributed by atoms with Gasteiger partial charge in [0, 0.05) is 0 Å². The van der Waals surface area contributed by atoms with Gasteiger partial charge in [-0.1, -0.05) is 13.8 Å². The summed E-state index contributed by atoms with van der Waals surface area (Å²) in [7, 11) is 0. The molecule has 2 aliphatic rings. The van der Waals surface area contributed by atoms with Crippen molar-refractivity contribution in [1.82, 2.24) is 0 Å². The van der Waals surface area contributed by atoms with Crippen molar-refractivity contribution in [3.05, 3.63) is 0 Å². The van der Waals surface area contributed by atoms with Crippen LogP contribution < -0.4 is 5.73 Å². The molecule has 0 aromatic rings. The molecule has 2 N–H and O–H groups in total. The summed E-state index contributed by atoms with van der Waals surface area (Å²) in [5, 5.41) is 0. The van der Waals surface area contributed by atoms with Crippen LogP contribution in [0.5, 0.6) is 0 Å². The van der Waals surface area contributed by atoms with Crippen LogP contribution in [0.2, 0.25) is 0 Å². The minimum atomic E-state index is -0.0284. The van der Waals surface area contributed by atoms with Gasteiger partial charge in [0.1, 0.15) is 6.23 Å². The molecule has 2 saturated carbocycles. The van der Waals surface area contributed by atoms with Crippen molar-refractivity contribution in [2.75, 3.05) is 0 Å². The minimum absolute atomic E-state index is 0.0284. The molecule has 2 aliphatic carbocycles. The maximum atomic E-state index is 5.96. The molecular weight excluding hydrogens is 174 g/mol. The van der Waals surface area contributed by atoms with E-state index in [-0.39, 0.29) is 6.23 Å². The Morgan fingerprint density at radius 3 is 2.57 bits per heavy atom. The van der Waals surface area contributed by atoms with Gasteiger partial charge in [0.25, 0.3) is 0 Å². The van der Waals surface area contributed by atoms with Crippen LogP contribution in [0.3, 0.4) is 0 Å². The lowest BCUT2D eigenvalue weighted by atomic mass is 9.97. The Balaban J connectivity index is 1.75. The Bertz CT molecular complexity index is 193. The summed E-state index contributed by atoms with van der Waals surface area (Å²) in [5.41, 5.74) is 5.96. The van der Waals surface area contributed by atoms with Crippen molar-refractivity contribution in [1.29, 1.82) is 0 Å². The van der Waals surface area contributed by atoms with Crippen molar-refractivity contribution in [2.24, 2.45) is 23.5 Å². The van der Waals surface area contributed by atoms with Gasteiger partial charge in [0.05, 0.1) is 6.10 Å². The Morgan fingerprint density at radius 2 is 2.07 bits per heavy atom. The van der Waals surface area contributed by atoms with Gasteiger partial charge >= 0.3 is 0 Å². The standard InChI is InChI=1S/C12H23NO/c1-8(2)5-12(13)14-11-7-9-3-4-10(11)6-9/h8-12H,3-7,13H2,1-2H3. The molecule has 0 amide bonds. The molecule has 2 nitrogen and oxygen atoms in total. The van der Waals surface area contributed by atoms with E-state index < -0.39 is 0 Å². The van der Waals surface area contributed by atoms with Crippen LogP contribution in [0.1, 0.15) is 46.0 Å². The Kier molecular flexibility index (Phi) is 3.13. The highest BCUT2D eigenvalue weighted by Crippen LogP contribution is 2.46. The summed E-state index contributed by atoms with van der Waals surface area (Å²) in [4.78, 5) is 0. The summed E-state index contributed by atoms with van der Waals surface area (Å²) < 4.78 is 5.93. The van der Waals surface area contributed by atoms with Gasteiger partial charge in [0.15, 0.2) is 0 Å². The molecule has 2 bridgehead atoms. The molecule has 14 heavy (non-hydrogen) atoms. The van der Waals surface area contributed by atoms with Crippen molar-refractivity contribution in [3.63, 3.8) is 0 Å². The van der Waals surface area contributed by atoms with Gasteiger partial charge < -0.3 is 10.5 Å². The third-order valence-electron chi connectivity index (χ3n) is 3.73. The largest absolute Gasteiger partial charge is 0.360 e. The zero-order valence-electron chi connectivity index (χ0n) is 9.41. The fourth-order valence-electron chi connectivity index (χ4n) is 3.10. The molecule has 0 radical (unpaired) electrons. The van der Waals surface area contributed by atoms with Gasteiger partial charge in [0.2, 0.25) is 0 Å². The van der Waals surface area contributed by atoms with E-state index in [1.165, 1.54) is 25.7 Å². The average molecular weight is 197 g/mol. The molecule has 4 unspecified atom stereocenters. The molecule has 2 fully saturated rings. The van der Waals surface area contributed by atoms with Crippen LogP contribution in [-0.2, 0) is 4.74 Å². The molecule has 0 heterocycles. The Hall–Kier alpha value is -0.0800. The van der Waals surface area contributed by atoms with Crippen molar-refractivity contribution in [3.8, 4) is 0 Å². The number of fused-ring (bicyclic) bond motifs is 2. The molecule has 4 atom stereocenters. The molecule has 82 valence electrons. The van der Waals surface area contributed by atoms with Gasteiger partial charge in [-0.25, -0.2) is 0 Å². The highest BCUT2D eigenvalue weighted by molar-refractivity contribution is 4.91. The molecule has 0 aromatic heterocycles. The van der Waals surface area contributed by atoms with Gasteiger partial charge in [-0.2, -0.15) is 0 Å². The van der Waals surface area contributed by atoms with E-state index in [9.17, 15) is 0 Å². The van der Waals surface area contributed by atoms with Crippen LogP contribution in [-0.4, -0.2) is 12.3 Å². The first kappa shape index (κ1) is 10.4. The lowest BCUT2D eigenvalue weighted by Crippen LogP contribution is -2.33. The van der Waals surface area contributed by atoms with Crippen LogP contribution in [0.4, 0.5) is 0 Å². The van der Waals surface area contributed by atoms with Crippen LogP contribution in [0, 0.1) is 17.8 Å². The van der Waals surface area contributed by atoms with Gasteiger partial charge in [-0.05, 0) is 49.9 Å². The maximum absolute atomic E-state index is 5.96. The Morgan fingerprint density at radius 1 is 1.29 bits per heavy atom. The number of ether oxygens (including phenoxy) is 1. The van der Waals surface area contributed by atoms with Gasteiger partial charge in [-0.15, -0.1) is 0 Å². The fraction of sp³-hybridized carbons (Fsp3) is 1.00. The van der Waals surface area contributed by atoms with E-state index in [2.05, 4.69) is 13.8 Å². The monoisotopic (exact) mass is 197 g/mol. The molecule has 0 spiro atoms. The number of hydrogen-bond acceptors (Lipinski definition) is 2. The minimum Gasteiger partial charge on any atom is -0.360 e. The molecule has 2 heteroatoms. The highest BCUT2D eigenvalue weighted by Gasteiger charge is 2.40. The molecule has 0 aliphatic heterocycles. The second-order valence-corrected chi connectivity index (χ2v) is 5.52. The topological polar surface area (TPSA) is 35.2 Å². The lowest BCUT2D eigenvalue weighted by molar-refractivity contribution is -0.0443. The molecule has 0 aromatic carbocycles. The zero-order chi connectivity index (χ0) is 10.1. The van der Waals surface area contributed by atoms with E-state index >= 15 is 0 Å². The maximum Gasteiger partial charge on any atom is 0.106 e. The van der Waals surface area contributed by atoms with Crippen LogP contribution in [0.15, 0.2) is 0 Å². The quantitative estimate of drug-likeness (QED) is 0.703. The van der Waals surface area contributed by atoms with E-state index in [0.717, 1.165) is 18.3 Å². The smallest absolute Gasteiger partial charge is 0.106 e. The van der Waals surface area contributed by atoms with Crippen molar-refractivity contribution < 1.29 is 4.74 Å². The fourth-order valence-corrected chi connectivity index (χ4v) is 3.10. The first-order chi connectivity index (χ1) is 6.65. The first-order valence-electron chi connectivity index (χ1n) is 6.06. The highest BCUT2D eigenvalue weighted by atomic mass is 16.5. The lowest BCUT2D eigenvalue weighted by Gasteiger charge is -2.26. The van der Waals surface area contributed by atoms with E-state index in [0.29, 0.717) is 12.0 Å². The molecule has 2 rings (SSSR count). The predicted octanol–water partition coefficient (Wildman–Crippen LogP) is 2.52. The predicted molar refractivity (Wildman–Crippen MR) is 57.8 cm³/mol. The Labute approximate surface area is 87.2 Å². The summed E-state index contributed by atoms with van der Waals surface area (Å²) in [6.07, 6.45) is 6.94. The van der Waals surface area contributed by atoms with Gasteiger partial charge in [-0.3, -0.25) is 0 Å². The molecule has 0 saturated heterocycles. The first-order valence-corrected chi connectivity index (χ1v) is 6.06. The van der Waals surface area contributed by atoms with E-state index in [1.807, 2.05) is 0 Å². The second-order valence-electron chi connectivity index (χ2n) is 5.52. The number of hydrogen-bond donors (Lipinski definition) is 1.